The molecule has 0 radical (unpaired) electrons. The minimum absolute atomic E-state index is 0.231. The number of aryl methyl sites for hydroxylation is 2. The van der Waals surface area contributed by atoms with Crippen molar-refractivity contribution in [3.05, 3.63) is 21.4 Å². The summed E-state index contributed by atoms with van der Waals surface area (Å²) in [7, 11) is 0. The number of thiophene rings is 1. The second-order valence-electron chi connectivity index (χ2n) is 4.80. The lowest BCUT2D eigenvalue weighted by molar-refractivity contribution is 0.0433. The second-order valence-corrected chi connectivity index (χ2v) is 6.37. The van der Waals surface area contributed by atoms with Crippen molar-refractivity contribution >= 4 is 33.2 Å². The van der Waals surface area contributed by atoms with Crippen molar-refractivity contribution in [2.24, 2.45) is 0 Å². The van der Waals surface area contributed by atoms with Gasteiger partial charge in [-0.2, -0.15) is 0 Å². The Bertz CT molecular complexity index is 582. The van der Waals surface area contributed by atoms with Crippen molar-refractivity contribution in [3.63, 3.8) is 0 Å². The minimum Gasteiger partial charge on any atom is -0.371 e. The molecule has 0 amide bonds. The number of ether oxygens (including phenoxy) is 1. The van der Waals surface area contributed by atoms with E-state index in [1.807, 2.05) is 0 Å². The van der Waals surface area contributed by atoms with E-state index in [1.165, 1.54) is 10.4 Å². The summed E-state index contributed by atoms with van der Waals surface area (Å²) < 4.78 is 5.73. The molecule has 0 aliphatic carbocycles. The molecule has 0 N–H and O–H groups in total. The van der Waals surface area contributed by atoms with Crippen LogP contribution in [0.25, 0.3) is 10.2 Å². The first-order valence-electron chi connectivity index (χ1n) is 6.56. The van der Waals surface area contributed by atoms with E-state index in [1.54, 1.807) is 11.3 Å². The van der Waals surface area contributed by atoms with Gasteiger partial charge in [-0.15, -0.1) is 11.3 Å². The van der Waals surface area contributed by atoms with E-state index in [0.29, 0.717) is 17.6 Å². The molecule has 0 spiro atoms. The fraction of sp³-hybridized carbons (Fsp3) is 0.571. The van der Waals surface area contributed by atoms with Gasteiger partial charge in [0.25, 0.3) is 0 Å². The molecule has 3 nitrogen and oxygen atoms in total. The smallest absolute Gasteiger partial charge is 0.157 e. The van der Waals surface area contributed by atoms with Crippen LogP contribution in [0.4, 0.5) is 0 Å². The molecule has 2 aromatic rings. The highest BCUT2D eigenvalue weighted by atomic mass is 35.5. The molecule has 0 saturated heterocycles. The Morgan fingerprint density at radius 1 is 1.32 bits per heavy atom. The van der Waals surface area contributed by atoms with Crippen LogP contribution in [0.15, 0.2) is 0 Å². The van der Waals surface area contributed by atoms with Crippen LogP contribution >= 0.6 is 22.9 Å². The monoisotopic (exact) mass is 298 g/mol. The molecule has 5 heteroatoms. The van der Waals surface area contributed by atoms with Gasteiger partial charge in [-0.1, -0.05) is 24.9 Å². The van der Waals surface area contributed by atoms with Crippen molar-refractivity contribution in [2.75, 3.05) is 0 Å². The van der Waals surface area contributed by atoms with Crippen LogP contribution in [0.1, 0.15) is 43.0 Å². The maximum atomic E-state index is 6.26. The van der Waals surface area contributed by atoms with Crippen LogP contribution in [0.5, 0.6) is 0 Å². The molecule has 0 fully saturated rings. The zero-order chi connectivity index (χ0) is 14.0. The lowest BCUT2D eigenvalue weighted by atomic mass is 10.2. The topological polar surface area (TPSA) is 35.0 Å². The third kappa shape index (κ3) is 3.25. The number of hydrogen-bond donors (Lipinski definition) is 0. The molecule has 1 atom stereocenters. The standard InChI is InChI=1S/C14H19ClN2OS/c1-5-6-8(2)18-7-11-16-13(15)12-9(3)10(4)19-14(12)17-11/h8H,5-7H2,1-4H3. The molecular formula is C14H19ClN2OS. The van der Waals surface area contributed by atoms with Crippen LogP contribution in [-0.2, 0) is 11.3 Å². The summed E-state index contributed by atoms with van der Waals surface area (Å²) in [5.41, 5.74) is 1.18. The molecule has 0 aromatic carbocycles. The average molecular weight is 299 g/mol. The van der Waals surface area contributed by atoms with Crippen molar-refractivity contribution in [1.29, 1.82) is 0 Å². The highest BCUT2D eigenvalue weighted by molar-refractivity contribution is 7.18. The van der Waals surface area contributed by atoms with Crippen molar-refractivity contribution in [1.82, 2.24) is 9.97 Å². The van der Waals surface area contributed by atoms with Gasteiger partial charge >= 0.3 is 0 Å². The number of halogens is 1. The Labute approximate surface area is 123 Å². The van der Waals surface area contributed by atoms with Crippen molar-refractivity contribution < 1.29 is 4.74 Å². The summed E-state index contributed by atoms with van der Waals surface area (Å²) in [6.07, 6.45) is 2.40. The quantitative estimate of drug-likeness (QED) is 0.753. The van der Waals surface area contributed by atoms with Crippen molar-refractivity contribution in [3.8, 4) is 0 Å². The van der Waals surface area contributed by atoms with Gasteiger partial charge in [0.2, 0.25) is 0 Å². The first kappa shape index (κ1) is 14.7. The summed E-state index contributed by atoms with van der Waals surface area (Å²) in [6, 6.07) is 0. The molecular weight excluding hydrogens is 280 g/mol. The van der Waals surface area contributed by atoms with Gasteiger partial charge in [0.05, 0.1) is 11.5 Å². The summed E-state index contributed by atoms with van der Waals surface area (Å²) >= 11 is 7.92. The zero-order valence-corrected chi connectivity index (χ0v) is 13.4. The summed E-state index contributed by atoms with van der Waals surface area (Å²) in [4.78, 5) is 11.1. The van der Waals surface area contributed by atoms with E-state index in [0.717, 1.165) is 23.1 Å². The minimum atomic E-state index is 0.231. The van der Waals surface area contributed by atoms with E-state index in [4.69, 9.17) is 16.3 Å². The maximum Gasteiger partial charge on any atom is 0.157 e. The van der Waals surface area contributed by atoms with Crippen LogP contribution in [0, 0.1) is 13.8 Å². The Morgan fingerprint density at radius 3 is 2.74 bits per heavy atom. The van der Waals surface area contributed by atoms with Crippen LogP contribution < -0.4 is 0 Å². The summed E-state index contributed by atoms with van der Waals surface area (Å²) in [6.45, 7) is 8.78. The largest absolute Gasteiger partial charge is 0.371 e. The van der Waals surface area contributed by atoms with Crippen LogP contribution in [-0.4, -0.2) is 16.1 Å². The molecule has 0 bridgehead atoms. The van der Waals surface area contributed by atoms with E-state index >= 15 is 0 Å². The third-order valence-electron chi connectivity index (χ3n) is 3.22. The Balaban J connectivity index is 2.21. The van der Waals surface area contributed by atoms with Crippen LogP contribution in [0.2, 0.25) is 5.15 Å². The lowest BCUT2D eigenvalue weighted by Gasteiger charge is -2.11. The summed E-state index contributed by atoms with van der Waals surface area (Å²) in [5.74, 6) is 0.668. The molecule has 0 saturated carbocycles. The molecule has 2 heterocycles. The molecule has 104 valence electrons. The number of rotatable bonds is 5. The third-order valence-corrected chi connectivity index (χ3v) is 4.60. The fourth-order valence-corrected chi connectivity index (χ4v) is 3.45. The first-order chi connectivity index (χ1) is 9.02. The highest BCUT2D eigenvalue weighted by Crippen LogP contribution is 2.32. The van der Waals surface area contributed by atoms with Gasteiger partial charge < -0.3 is 4.74 Å². The first-order valence-corrected chi connectivity index (χ1v) is 7.76. The average Bonchev–Trinajstić information content (AvgIpc) is 2.63. The van der Waals surface area contributed by atoms with Gasteiger partial charge in [0.15, 0.2) is 5.82 Å². The SMILES string of the molecule is CCCC(C)OCc1nc(Cl)c2c(C)c(C)sc2n1. The molecule has 2 rings (SSSR count). The lowest BCUT2D eigenvalue weighted by Crippen LogP contribution is -2.09. The Hall–Kier alpha value is -0.710. The zero-order valence-electron chi connectivity index (χ0n) is 11.8. The number of nitrogens with zero attached hydrogens (tertiary/aromatic N) is 2. The van der Waals surface area contributed by atoms with Gasteiger partial charge in [-0.05, 0) is 32.8 Å². The Kier molecular flexibility index (Phi) is 4.76. The molecule has 0 aliphatic heterocycles. The maximum absolute atomic E-state index is 6.26. The van der Waals surface area contributed by atoms with Crippen molar-refractivity contribution in [2.45, 2.75) is 53.2 Å². The van der Waals surface area contributed by atoms with E-state index < -0.39 is 0 Å². The van der Waals surface area contributed by atoms with E-state index in [2.05, 4.69) is 37.7 Å². The second kappa shape index (κ2) is 6.16. The number of aromatic nitrogens is 2. The Morgan fingerprint density at radius 2 is 2.05 bits per heavy atom. The molecule has 2 aromatic heterocycles. The number of hydrogen-bond acceptors (Lipinski definition) is 4. The molecule has 0 aliphatic rings. The van der Waals surface area contributed by atoms with Gasteiger partial charge in [-0.3, -0.25) is 0 Å². The summed E-state index contributed by atoms with van der Waals surface area (Å²) in [5, 5.41) is 1.52. The highest BCUT2D eigenvalue weighted by Gasteiger charge is 2.13. The van der Waals surface area contributed by atoms with E-state index in [-0.39, 0.29) is 6.10 Å². The fourth-order valence-electron chi connectivity index (χ4n) is 2.01. The molecule has 19 heavy (non-hydrogen) atoms. The van der Waals surface area contributed by atoms with Crippen LogP contribution in [0.3, 0.4) is 0 Å². The van der Waals surface area contributed by atoms with Gasteiger partial charge in [0.1, 0.15) is 16.6 Å². The van der Waals surface area contributed by atoms with Gasteiger partial charge in [0, 0.05) is 4.88 Å². The predicted molar refractivity (Wildman–Crippen MR) is 81.1 cm³/mol. The van der Waals surface area contributed by atoms with Gasteiger partial charge in [-0.25, -0.2) is 9.97 Å². The number of fused-ring (bicyclic) bond motifs is 1. The van der Waals surface area contributed by atoms with E-state index in [9.17, 15) is 0 Å². The predicted octanol–water partition coefficient (Wildman–Crippen LogP) is 4.67. The molecule has 1 unspecified atom stereocenters. The normalized spacial score (nSPS) is 13.1.